The lowest BCUT2D eigenvalue weighted by atomic mass is 10.1. The smallest absolute Gasteiger partial charge is 0.401 e. The molecule has 1 heterocycles. The zero-order chi connectivity index (χ0) is 20.7. The molecule has 0 spiro atoms. The second kappa shape index (κ2) is 9.72. The van der Waals surface area contributed by atoms with Gasteiger partial charge in [0.15, 0.2) is 11.5 Å². The molecule has 1 saturated heterocycles. The number of carbonyl (C=O) groups excluding carboxylic acids is 1. The van der Waals surface area contributed by atoms with Crippen molar-refractivity contribution in [2.75, 3.05) is 40.5 Å². The largest absolute Gasteiger partial charge is 0.493 e. The standard InChI is InChI=1S/C18H26F3N3O4/c1-4-28-16-14(26-2)7-12(8-15(16)27-3)9-22-17(25)23-13-5-6-24(10-13)11-18(19,20)21/h7-8,13H,4-6,9-11H2,1-3H3,(H2,22,23,25). The lowest BCUT2D eigenvalue weighted by Crippen LogP contribution is -2.43. The summed E-state index contributed by atoms with van der Waals surface area (Å²) in [5.74, 6) is 1.45. The van der Waals surface area contributed by atoms with Crippen molar-refractivity contribution in [3.8, 4) is 17.2 Å². The maximum Gasteiger partial charge on any atom is 0.401 e. The fourth-order valence-corrected chi connectivity index (χ4v) is 3.09. The van der Waals surface area contributed by atoms with Crippen LogP contribution in [0.3, 0.4) is 0 Å². The van der Waals surface area contributed by atoms with Gasteiger partial charge in [0, 0.05) is 25.7 Å². The number of nitrogens with one attached hydrogen (secondary N) is 2. The summed E-state index contributed by atoms with van der Waals surface area (Å²) in [6, 6.07) is 2.71. The van der Waals surface area contributed by atoms with Gasteiger partial charge in [-0.3, -0.25) is 4.90 Å². The summed E-state index contributed by atoms with van der Waals surface area (Å²) in [4.78, 5) is 13.4. The Kier molecular flexibility index (Phi) is 7.61. The average molecular weight is 405 g/mol. The van der Waals surface area contributed by atoms with Crippen LogP contribution in [0.4, 0.5) is 18.0 Å². The van der Waals surface area contributed by atoms with Crippen molar-refractivity contribution in [2.45, 2.75) is 32.1 Å². The van der Waals surface area contributed by atoms with Crippen molar-refractivity contribution in [1.29, 1.82) is 0 Å². The zero-order valence-corrected chi connectivity index (χ0v) is 16.2. The monoisotopic (exact) mass is 405 g/mol. The van der Waals surface area contributed by atoms with Crippen LogP contribution in [0.1, 0.15) is 18.9 Å². The molecule has 0 radical (unpaired) electrons. The van der Waals surface area contributed by atoms with Crippen LogP contribution in [-0.4, -0.2) is 63.6 Å². The number of halogens is 3. The SMILES string of the molecule is CCOc1c(OC)cc(CNC(=O)NC2CCN(CC(F)(F)F)C2)cc1OC. The van der Waals surface area contributed by atoms with E-state index in [0.717, 1.165) is 5.56 Å². The summed E-state index contributed by atoms with van der Waals surface area (Å²) in [5.41, 5.74) is 0.734. The predicted octanol–water partition coefficient (Wildman–Crippen LogP) is 2.54. The number of nitrogens with zero attached hydrogens (tertiary/aromatic N) is 1. The number of amides is 2. The Labute approximate surface area is 162 Å². The lowest BCUT2D eigenvalue weighted by molar-refractivity contribution is -0.143. The normalized spacial score (nSPS) is 17.3. The van der Waals surface area contributed by atoms with E-state index in [2.05, 4.69) is 10.6 Å². The number of methoxy groups -OCH3 is 2. The van der Waals surface area contributed by atoms with Crippen LogP contribution in [0.15, 0.2) is 12.1 Å². The first-order valence-corrected chi connectivity index (χ1v) is 8.96. The molecule has 10 heteroatoms. The molecule has 1 aliphatic rings. The quantitative estimate of drug-likeness (QED) is 0.696. The molecular formula is C18H26F3N3O4. The number of ether oxygens (including phenoxy) is 3. The molecule has 0 aliphatic carbocycles. The molecule has 28 heavy (non-hydrogen) atoms. The molecule has 0 aromatic heterocycles. The van der Waals surface area contributed by atoms with E-state index < -0.39 is 18.8 Å². The first kappa shape index (κ1) is 21.9. The van der Waals surface area contributed by atoms with Gasteiger partial charge < -0.3 is 24.8 Å². The topological polar surface area (TPSA) is 72.1 Å². The van der Waals surface area contributed by atoms with Crippen LogP contribution >= 0.6 is 0 Å². The first-order valence-electron chi connectivity index (χ1n) is 8.96. The van der Waals surface area contributed by atoms with E-state index >= 15 is 0 Å². The number of alkyl halides is 3. The van der Waals surface area contributed by atoms with Crippen LogP contribution in [0, 0.1) is 0 Å². The van der Waals surface area contributed by atoms with Gasteiger partial charge in [0.05, 0.1) is 27.4 Å². The minimum Gasteiger partial charge on any atom is -0.493 e. The van der Waals surface area contributed by atoms with Gasteiger partial charge in [0.2, 0.25) is 5.75 Å². The Morgan fingerprint density at radius 1 is 1.25 bits per heavy atom. The van der Waals surface area contributed by atoms with Gasteiger partial charge in [-0.15, -0.1) is 0 Å². The highest BCUT2D eigenvalue weighted by molar-refractivity contribution is 5.74. The van der Waals surface area contributed by atoms with E-state index in [1.807, 2.05) is 6.92 Å². The Morgan fingerprint density at radius 3 is 2.43 bits per heavy atom. The highest BCUT2D eigenvalue weighted by Gasteiger charge is 2.34. The molecule has 1 fully saturated rings. The van der Waals surface area contributed by atoms with Crippen molar-refractivity contribution in [3.63, 3.8) is 0 Å². The Balaban J connectivity index is 1.89. The van der Waals surface area contributed by atoms with Crippen LogP contribution < -0.4 is 24.8 Å². The maximum atomic E-state index is 12.4. The molecule has 1 aromatic rings. The van der Waals surface area contributed by atoms with E-state index in [4.69, 9.17) is 14.2 Å². The number of hydrogen-bond donors (Lipinski definition) is 2. The second-order valence-electron chi connectivity index (χ2n) is 6.43. The highest BCUT2D eigenvalue weighted by atomic mass is 19.4. The molecule has 2 N–H and O–H groups in total. The molecule has 158 valence electrons. The molecule has 2 rings (SSSR count). The number of urea groups is 1. The molecule has 1 aliphatic heterocycles. The second-order valence-corrected chi connectivity index (χ2v) is 6.43. The van der Waals surface area contributed by atoms with E-state index in [1.165, 1.54) is 19.1 Å². The third kappa shape index (κ3) is 6.36. The molecule has 1 aromatic carbocycles. The minimum atomic E-state index is -4.23. The molecule has 1 unspecified atom stereocenters. The van der Waals surface area contributed by atoms with Gasteiger partial charge >= 0.3 is 12.2 Å². The molecular weight excluding hydrogens is 379 g/mol. The molecule has 7 nitrogen and oxygen atoms in total. The van der Waals surface area contributed by atoms with Gasteiger partial charge in [0.25, 0.3) is 0 Å². The highest BCUT2D eigenvalue weighted by Crippen LogP contribution is 2.38. The van der Waals surface area contributed by atoms with Gasteiger partial charge in [-0.25, -0.2) is 4.79 Å². The van der Waals surface area contributed by atoms with Crippen LogP contribution in [0.25, 0.3) is 0 Å². The fraction of sp³-hybridized carbons (Fsp3) is 0.611. The van der Waals surface area contributed by atoms with Gasteiger partial charge in [-0.05, 0) is 31.0 Å². The van der Waals surface area contributed by atoms with Crippen molar-refractivity contribution in [2.24, 2.45) is 0 Å². The summed E-state index contributed by atoms with van der Waals surface area (Å²) < 4.78 is 53.5. The summed E-state index contributed by atoms with van der Waals surface area (Å²) in [5, 5.41) is 5.41. The lowest BCUT2D eigenvalue weighted by Gasteiger charge is -2.18. The molecule has 0 bridgehead atoms. The van der Waals surface area contributed by atoms with Crippen molar-refractivity contribution >= 4 is 6.03 Å². The summed E-state index contributed by atoms with van der Waals surface area (Å²) in [6.45, 7) is 2.01. The Morgan fingerprint density at radius 2 is 1.89 bits per heavy atom. The van der Waals surface area contributed by atoms with E-state index in [0.29, 0.717) is 36.8 Å². The number of carbonyl (C=O) groups is 1. The average Bonchev–Trinajstić information content (AvgIpc) is 3.05. The Hall–Kier alpha value is -2.36. The van der Waals surface area contributed by atoms with E-state index in [1.54, 1.807) is 12.1 Å². The molecule has 0 saturated carbocycles. The summed E-state index contributed by atoms with van der Waals surface area (Å²) >= 11 is 0. The number of benzene rings is 1. The zero-order valence-electron chi connectivity index (χ0n) is 16.2. The summed E-state index contributed by atoms with van der Waals surface area (Å²) in [7, 11) is 3.02. The fourth-order valence-electron chi connectivity index (χ4n) is 3.09. The van der Waals surface area contributed by atoms with Crippen molar-refractivity contribution < 1.29 is 32.2 Å². The first-order chi connectivity index (χ1) is 13.3. The maximum absolute atomic E-state index is 12.4. The number of likely N-dealkylation sites (tertiary alicyclic amines) is 1. The predicted molar refractivity (Wildman–Crippen MR) is 97.0 cm³/mol. The number of hydrogen-bond acceptors (Lipinski definition) is 5. The van der Waals surface area contributed by atoms with E-state index in [9.17, 15) is 18.0 Å². The van der Waals surface area contributed by atoms with Gasteiger partial charge in [-0.1, -0.05) is 0 Å². The molecule has 2 amide bonds. The van der Waals surface area contributed by atoms with Crippen LogP contribution in [0.2, 0.25) is 0 Å². The Bertz CT molecular complexity index is 645. The minimum absolute atomic E-state index is 0.178. The van der Waals surface area contributed by atoms with Gasteiger partial charge in [0.1, 0.15) is 0 Å². The van der Waals surface area contributed by atoms with Crippen molar-refractivity contribution in [3.05, 3.63) is 17.7 Å². The third-order valence-electron chi connectivity index (χ3n) is 4.27. The van der Waals surface area contributed by atoms with Crippen molar-refractivity contribution in [1.82, 2.24) is 15.5 Å². The summed E-state index contributed by atoms with van der Waals surface area (Å²) in [6.07, 6.45) is -3.75. The van der Waals surface area contributed by atoms with Crippen LogP contribution in [0.5, 0.6) is 17.2 Å². The third-order valence-corrected chi connectivity index (χ3v) is 4.27. The van der Waals surface area contributed by atoms with E-state index in [-0.39, 0.29) is 19.1 Å². The number of rotatable bonds is 8. The molecule has 1 atom stereocenters. The van der Waals surface area contributed by atoms with Crippen LogP contribution in [-0.2, 0) is 6.54 Å². The van der Waals surface area contributed by atoms with Gasteiger partial charge in [-0.2, -0.15) is 13.2 Å².